The van der Waals surface area contributed by atoms with Crippen LogP contribution in [0.4, 0.5) is 5.69 Å². The lowest BCUT2D eigenvalue weighted by Gasteiger charge is -2.36. The van der Waals surface area contributed by atoms with Crippen molar-refractivity contribution in [2.45, 2.75) is 19.4 Å². The molecule has 3 nitrogen and oxygen atoms in total. The molecule has 2 saturated heterocycles. The minimum atomic E-state index is 0.675. The second kappa shape index (κ2) is 5.15. The standard InChI is InChI=1S/C18H21N3/c1-14-2-4-15(5-3-14)16-10-18(12-19-11-16)21-9-8-20-7-6-17(21)13-20/h2-5,10-12,17H,6-9,13H2,1H3. The van der Waals surface area contributed by atoms with Crippen LogP contribution in [0, 0.1) is 6.92 Å². The number of benzene rings is 1. The molecule has 3 heterocycles. The molecule has 2 aromatic rings. The van der Waals surface area contributed by atoms with E-state index in [0.717, 1.165) is 6.54 Å². The number of anilines is 1. The molecule has 0 spiro atoms. The van der Waals surface area contributed by atoms with Crippen LogP contribution < -0.4 is 4.90 Å². The van der Waals surface area contributed by atoms with Crippen molar-refractivity contribution in [3.8, 4) is 11.1 Å². The van der Waals surface area contributed by atoms with Crippen molar-refractivity contribution in [3.63, 3.8) is 0 Å². The monoisotopic (exact) mass is 279 g/mol. The SMILES string of the molecule is Cc1ccc(-c2cncc(N3CCN4CCC3C4)c2)cc1. The van der Waals surface area contributed by atoms with Gasteiger partial charge in [0.2, 0.25) is 0 Å². The summed E-state index contributed by atoms with van der Waals surface area (Å²) in [6.45, 7) is 6.91. The van der Waals surface area contributed by atoms with Gasteiger partial charge < -0.3 is 4.90 Å². The first kappa shape index (κ1) is 12.8. The molecule has 108 valence electrons. The predicted octanol–water partition coefficient (Wildman–Crippen LogP) is 2.95. The summed E-state index contributed by atoms with van der Waals surface area (Å²) in [5, 5.41) is 0. The number of hydrogen-bond donors (Lipinski definition) is 0. The zero-order valence-corrected chi connectivity index (χ0v) is 12.5. The maximum Gasteiger partial charge on any atom is 0.0562 e. The quantitative estimate of drug-likeness (QED) is 0.842. The van der Waals surface area contributed by atoms with E-state index in [9.17, 15) is 0 Å². The molecule has 1 aromatic heterocycles. The Balaban J connectivity index is 1.65. The smallest absolute Gasteiger partial charge is 0.0562 e. The molecule has 2 atom stereocenters. The van der Waals surface area contributed by atoms with Crippen LogP contribution >= 0.6 is 0 Å². The Kier molecular flexibility index (Phi) is 3.15. The number of pyridine rings is 1. The average molecular weight is 279 g/mol. The van der Waals surface area contributed by atoms with Gasteiger partial charge in [-0.3, -0.25) is 9.88 Å². The van der Waals surface area contributed by atoms with E-state index < -0.39 is 0 Å². The van der Waals surface area contributed by atoms with Gasteiger partial charge in [0.1, 0.15) is 0 Å². The van der Waals surface area contributed by atoms with Crippen LogP contribution in [0.5, 0.6) is 0 Å². The molecular formula is C18H21N3. The Bertz CT molecular complexity index is 635. The third-order valence-corrected chi connectivity index (χ3v) is 4.79. The van der Waals surface area contributed by atoms with Crippen LogP contribution in [0.1, 0.15) is 12.0 Å². The van der Waals surface area contributed by atoms with Crippen molar-refractivity contribution < 1.29 is 0 Å². The highest BCUT2D eigenvalue weighted by Gasteiger charge is 2.32. The van der Waals surface area contributed by atoms with Crippen LogP contribution in [0.15, 0.2) is 42.7 Å². The number of piperazine rings is 1. The van der Waals surface area contributed by atoms with Gasteiger partial charge in [0.15, 0.2) is 0 Å². The van der Waals surface area contributed by atoms with Gasteiger partial charge in [-0.25, -0.2) is 0 Å². The van der Waals surface area contributed by atoms with Crippen molar-refractivity contribution in [3.05, 3.63) is 48.3 Å². The summed E-state index contributed by atoms with van der Waals surface area (Å²) >= 11 is 0. The summed E-state index contributed by atoms with van der Waals surface area (Å²) in [4.78, 5) is 9.60. The predicted molar refractivity (Wildman–Crippen MR) is 86.6 cm³/mol. The average Bonchev–Trinajstić information content (AvgIpc) is 2.89. The normalized spacial score (nSPS) is 24.3. The number of nitrogens with zero attached hydrogens (tertiary/aromatic N) is 3. The van der Waals surface area contributed by atoms with Gasteiger partial charge in [-0.15, -0.1) is 0 Å². The van der Waals surface area contributed by atoms with Crippen LogP contribution in [-0.4, -0.2) is 42.1 Å². The summed E-state index contributed by atoms with van der Waals surface area (Å²) < 4.78 is 0. The molecule has 0 N–H and O–H groups in total. The highest BCUT2D eigenvalue weighted by molar-refractivity contribution is 5.67. The van der Waals surface area contributed by atoms with Gasteiger partial charge in [0.05, 0.1) is 11.9 Å². The van der Waals surface area contributed by atoms with Gasteiger partial charge in [-0.2, -0.15) is 0 Å². The molecule has 2 bridgehead atoms. The number of aryl methyl sites for hydroxylation is 1. The van der Waals surface area contributed by atoms with Gasteiger partial charge >= 0.3 is 0 Å². The van der Waals surface area contributed by atoms with Crippen LogP contribution in [-0.2, 0) is 0 Å². The number of aromatic nitrogens is 1. The van der Waals surface area contributed by atoms with Crippen molar-refractivity contribution in [1.29, 1.82) is 0 Å². The Labute approximate surface area is 126 Å². The summed E-state index contributed by atoms with van der Waals surface area (Å²) in [6, 6.07) is 11.7. The largest absolute Gasteiger partial charge is 0.365 e. The first-order valence-corrected chi connectivity index (χ1v) is 7.81. The molecule has 0 aliphatic carbocycles. The summed E-state index contributed by atoms with van der Waals surface area (Å²) in [7, 11) is 0. The van der Waals surface area contributed by atoms with Crippen LogP contribution in [0.2, 0.25) is 0 Å². The van der Waals surface area contributed by atoms with E-state index in [1.54, 1.807) is 0 Å². The molecule has 2 aliphatic rings. The summed E-state index contributed by atoms with van der Waals surface area (Å²) in [6.07, 6.45) is 5.28. The lowest BCUT2D eigenvalue weighted by molar-refractivity contribution is 0.310. The minimum absolute atomic E-state index is 0.675. The van der Waals surface area contributed by atoms with Gasteiger partial charge in [0.25, 0.3) is 0 Å². The van der Waals surface area contributed by atoms with E-state index in [-0.39, 0.29) is 0 Å². The molecule has 2 fully saturated rings. The lowest BCUT2D eigenvalue weighted by atomic mass is 10.0. The number of fused-ring (bicyclic) bond motifs is 2. The van der Waals surface area contributed by atoms with Crippen molar-refractivity contribution in [2.24, 2.45) is 0 Å². The van der Waals surface area contributed by atoms with E-state index in [0.29, 0.717) is 6.04 Å². The maximum atomic E-state index is 4.49. The van der Waals surface area contributed by atoms with Crippen molar-refractivity contribution >= 4 is 5.69 Å². The maximum absolute atomic E-state index is 4.49. The lowest BCUT2D eigenvalue weighted by Crippen LogP contribution is -2.46. The second-order valence-electron chi connectivity index (χ2n) is 6.23. The third-order valence-electron chi connectivity index (χ3n) is 4.79. The Morgan fingerprint density at radius 2 is 1.86 bits per heavy atom. The van der Waals surface area contributed by atoms with E-state index in [1.165, 1.54) is 48.4 Å². The third kappa shape index (κ3) is 2.42. The molecule has 1 aromatic carbocycles. The van der Waals surface area contributed by atoms with Gasteiger partial charge in [-0.1, -0.05) is 29.8 Å². The molecule has 21 heavy (non-hydrogen) atoms. The topological polar surface area (TPSA) is 19.4 Å². The van der Waals surface area contributed by atoms with Crippen molar-refractivity contribution in [1.82, 2.24) is 9.88 Å². The molecule has 4 rings (SSSR count). The number of hydrogen-bond acceptors (Lipinski definition) is 3. The van der Waals surface area contributed by atoms with Gasteiger partial charge in [-0.05, 0) is 25.0 Å². The summed E-state index contributed by atoms with van der Waals surface area (Å²) in [5.41, 5.74) is 5.04. The first-order chi connectivity index (χ1) is 10.3. The van der Waals surface area contributed by atoms with E-state index >= 15 is 0 Å². The molecule has 0 radical (unpaired) electrons. The first-order valence-electron chi connectivity index (χ1n) is 7.81. The molecule has 2 aliphatic heterocycles. The Hall–Kier alpha value is -1.87. The van der Waals surface area contributed by atoms with E-state index in [1.807, 2.05) is 12.4 Å². The van der Waals surface area contributed by atoms with E-state index in [2.05, 4.69) is 52.0 Å². The zero-order chi connectivity index (χ0) is 14.2. The zero-order valence-electron chi connectivity index (χ0n) is 12.5. The second-order valence-corrected chi connectivity index (χ2v) is 6.23. The van der Waals surface area contributed by atoms with E-state index in [4.69, 9.17) is 0 Å². The fraction of sp³-hybridized carbons (Fsp3) is 0.389. The van der Waals surface area contributed by atoms with Crippen molar-refractivity contribution in [2.75, 3.05) is 31.1 Å². The molecule has 0 saturated carbocycles. The molecule has 0 amide bonds. The fourth-order valence-corrected chi connectivity index (χ4v) is 3.53. The minimum Gasteiger partial charge on any atom is -0.365 e. The fourth-order valence-electron chi connectivity index (χ4n) is 3.53. The number of rotatable bonds is 2. The van der Waals surface area contributed by atoms with Crippen LogP contribution in [0.3, 0.4) is 0 Å². The molecular weight excluding hydrogens is 258 g/mol. The van der Waals surface area contributed by atoms with Gasteiger partial charge in [0, 0.05) is 44.0 Å². The summed E-state index contributed by atoms with van der Waals surface area (Å²) in [5.74, 6) is 0. The Morgan fingerprint density at radius 3 is 2.71 bits per heavy atom. The highest BCUT2D eigenvalue weighted by Crippen LogP contribution is 2.29. The highest BCUT2D eigenvalue weighted by atomic mass is 15.3. The van der Waals surface area contributed by atoms with Crippen LogP contribution in [0.25, 0.3) is 11.1 Å². The molecule has 2 unspecified atom stereocenters. The Morgan fingerprint density at radius 1 is 1.00 bits per heavy atom. The molecule has 3 heteroatoms.